The van der Waals surface area contributed by atoms with E-state index in [9.17, 15) is 0 Å². The van der Waals surface area contributed by atoms with Gasteiger partial charge in [0.15, 0.2) is 4.34 Å². The molecule has 0 spiro atoms. The minimum Gasteiger partial charge on any atom is -0.494 e. The third-order valence-corrected chi connectivity index (χ3v) is 4.75. The molecule has 0 amide bonds. The normalized spacial score (nSPS) is 10.3. The van der Waals surface area contributed by atoms with Crippen LogP contribution in [0.1, 0.15) is 6.42 Å². The molecule has 112 valence electrons. The van der Waals surface area contributed by atoms with Gasteiger partial charge in [-0.2, -0.15) is 0 Å². The summed E-state index contributed by atoms with van der Waals surface area (Å²) in [4.78, 5) is 0. The van der Waals surface area contributed by atoms with Crippen LogP contribution in [-0.2, 0) is 0 Å². The molecule has 1 aromatic heterocycles. The largest absolute Gasteiger partial charge is 0.494 e. The van der Waals surface area contributed by atoms with E-state index < -0.39 is 0 Å². The number of halogens is 1. The van der Waals surface area contributed by atoms with Gasteiger partial charge in [0.05, 0.1) is 6.61 Å². The maximum absolute atomic E-state index is 5.82. The predicted molar refractivity (Wildman–Crippen MR) is 90.9 cm³/mol. The number of hydrogen-bond acceptors (Lipinski definition) is 6. The van der Waals surface area contributed by atoms with Gasteiger partial charge in [0, 0.05) is 17.3 Å². The molecule has 1 aromatic carbocycles. The highest BCUT2D eigenvalue weighted by Crippen LogP contribution is 2.25. The fourth-order valence-corrected chi connectivity index (χ4v) is 3.31. The van der Waals surface area contributed by atoms with Crippen LogP contribution in [0.25, 0.3) is 0 Å². The third-order valence-electron chi connectivity index (χ3n) is 2.40. The van der Waals surface area contributed by atoms with Gasteiger partial charge in [-0.15, -0.1) is 16.8 Å². The average Bonchev–Trinajstić information content (AvgIpc) is 2.94. The monoisotopic (exact) mass is 341 g/mol. The lowest BCUT2D eigenvalue weighted by Crippen LogP contribution is -1.98. The zero-order chi connectivity index (χ0) is 14.9. The Bertz CT molecular complexity index is 560. The van der Waals surface area contributed by atoms with E-state index in [2.05, 4.69) is 22.1 Å². The summed E-state index contributed by atoms with van der Waals surface area (Å²) in [7, 11) is 0. The van der Waals surface area contributed by atoms with Gasteiger partial charge in [-0.1, -0.05) is 40.8 Å². The molecule has 7 heteroatoms. The second kappa shape index (κ2) is 8.92. The Labute approximate surface area is 137 Å². The van der Waals surface area contributed by atoms with Crippen LogP contribution < -0.4 is 10.1 Å². The molecule has 0 saturated heterocycles. The molecule has 0 aliphatic rings. The molecule has 4 nitrogen and oxygen atoms in total. The SMILES string of the molecule is C=CCNc1nnc(SCCCOc2ccc(Cl)cc2)s1. The number of nitrogens with zero attached hydrogens (tertiary/aromatic N) is 2. The van der Waals surface area contributed by atoms with Crippen molar-refractivity contribution in [1.29, 1.82) is 0 Å². The Kier molecular flexibility index (Phi) is 6.85. The Morgan fingerprint density at radius 1 is 1.33 bits per heavy atom. The van der Waals surface area contributed by atoms with Crippen LogP contribution in [-0.4, -0.2) is 29.1 Å². The number of nitrogens with one attached hydrogen (secondary N) is 1. The summed E-state index contributed by atoms with van der Waals surface area (Å²) in [6.07, 6.45) is 2.74. The first-order valence-corrected chi connectivity index (χ1v) is 8.65. The summed E-state index contributed by atoms with van der Waals surface area (Å²) in [5, 5.41) is 12.8. The Morgan fingerprint density at radius 3 is 2.90 bits per heavy atom. The Hall–Kier alpha value is -1.24. The van der Waals surface area contributed by atoms with Crippen molar-refractivity contribution in [1.82, 2.24) is 10.2 Å². The Balaban J connectivity index is 1.62. The zero-order valence-electron chi connectivity index (χ0n) is 11.4. The van der Waals surface area contributed by atoms with E-state index >= 15 is 0 Å². The molecule has 2 rings (SSSR count). The van der Waals surface area contributed by atoms with Crippen molar-refractivity contribution in [2.45, 2.75) is 10.8 Å². The molecule has 0 bridgehead atoms. The predicted octanol–water partition coefficient (Wildman–Crippen LogP) is 4.35. The number of benzene rings is 1. The van der Waals surface area contributed by atoms with Crippen molar-refractivity contribution >= 4 is 39.8 Å². The van der Waals surface area contributed by atoms with Crippen molar-refractivity contribution < 1.29 is 4.74 Å². The van der Waals surface area contributed by atoms with Crippen LogP contribution in [0.15, 0.2) is 41.3 Å². The van der Waals surface area contributed by atoms with Crippen molar-refractivity contribution in [2.75, 3.05) is 24.2 Å². The first-order valence-electron chi connectivity index (χ1n) is 6.47. The number of thioether (sulfide) groups is 1. The minimum atomic E-state index is 0.676. The van der Waals surface area contributed by atoms with E-state index in [0.717, 1.165) is 32.4 Å². The number of aromatic nitrogens is 2. The topological polar surface area (TPSA) is 47.0 Å². The molecule has 21 heavy (non-hydrogen) atoms. The summed E-state index contributed by atoms with van der Waals surface area (Å²) >= 11 is 9.06. The fraction of sp³-hybridized carbons (Fsp3) is 0.286. The van der Waals surface area contributed by atoms with Crippen molar-refractivity contribution in [3.63, 3.8) is 0 Å². The van der Waals surface area contributed by atoms with Gasteiger partial charge in [0.1, 0.15) is 5.75 Å². The molecule has 0 fully saturated rings. The average molecular weight is 342 g/mol. The van der Waals surface area contributed by atoms with Crippen LogP contribution in [0, 0.1) is 0 Å². The van der Waals surface area contributed by atoms with Gasteiger partial charge in [-0.3, -0.25) is 0 Å². The lowest BCUT2D eigenvalue weighted by atomic mass is 10.3. The van der Waals surface area contributed by atoms with E-state index in [1.54, 1.807) is 29.2 Å². The first-order chi connectivity index (χ1) is 10.3. The highest BCUT2D eigenvalue weighted by atomic mass is 35.5. The molecule has 0 unspecified atom stereocenters. The minimum absolute atomic E-state index is 0.676. The van der Waals surface area contributed by atoms with Crippen LogP contribution in [0.4, 0.5) is 5.13 Å². The maximum Gasteiger partial charge on any atom is 0.206 e. The zero-order valence-corrected chi connectivity index (χ0v) is 13.8. The lowest BCUT2D eigenvalue weighted by Gasteiger charge is -2.05. The van der Waals surface area contributed by atoms with Crippen LogP contribution in [0.3, 0.4) is 0 Å². The number of rotatable bonds is 9. The van der Waals surface area contributed by atoms with Crippen LogP contribution in [0.2, 0.25) is 5.02 Å². The smallest absolute Gasteiger partial charge is 0.206 e. The van der Waals surface area contributed by atoms with E-state index in [1.807, 2.05) is 24.3 Å². The standard InChI is InChI=1S/C14H16ClN3OS2/c1-2-8-16-13-17-18-14(21-13)20-10-3-9-19-12-6-4-11(15)5-7-12/h2,4-7H,1,3,8-10H2,(H,16,17). The maximum atomic E-state index is 5.82. The van der Waals surface area contributed by atoms with Crippen molar-refractivity contribution in [3.05, 3.63) is 41.9 Å². The van der Waals surface area contributed by atoms with E-state index in [4.69, 9.17) is 16.3 Å². The number of anilines is 1. The summed E-state index contributed by atoms with van der Waals surface area (Å²) in [6.45, 7) is 5.03. The highest BCUT2D eigenvalue weighted by Gasteiger charge is 2.03. The molecule has 1 heterocycles. The molecule has 0 aliphatic heterocycles. The van der Waals surface area contributed by atoms with Gasteiger partial charge < -0.3 is 10.1 Å². The molecular formula is C14H16ClN3OS2. The fourth-order valence-electron chi connectivity index (χ4n) is 1.44. The summed E-state index contributed by atoms with van der Waals surface area (Å²) < 4.78 is 6.60. The number of hydrogen-bond donors (Lipinski definition) is 1. The molecule has 1 N–H and O–H groups in total. The second-order valence-electron chi connectivity index (χ2n) is 4.05. The quantitative estimate of drug-likeness (QED) is 0.417. The number of ether oxygens (including phenoxy) is 1. The Morgan fingerprint density at radius 2 is 2.14 bits per heavy atom. The molecule has 0 atom stereocenters. The van der Waals surface area contributed by atoms with Crippen molar-refractivity contribution in [2.24, 2.45) is 0 Å². The van der Waals surface area contributed by atoms with Crippen LogP contribution in [0.5, 0.6) is 5.75 Å². The molecule has 0 aliphatic carbocycles. The van der Waals surface area contributed by atoms with Gasteiger partial charge in [0.25, 0.3) is 0 Å². The van der Waals surface area contributed by atoms with Gasteiger partial charge in [-0.25, -0.2) is 0 Å². The first kappa shape index (κ1) is 16.1. The lowest BCUT2D eigenvalue weighted by molar-refractivity contribution is 0.319. The summed E-state index contributed by atoms with van der Waals surface area (Å²) in [5.74, 6) is 1.79. The second-order valence-corrected chi connectivity index (χ2v) is 6.80. The molecule has 0 saturated carbocycles. The van der Waals surface area contributed by atoms with E-state index in [1.165, 1.54) is 0 Å². The molecule has 2 aromatic rings. The van der Waals surface area contributed by atoms with Gasteiger partial charge in [0.2, 0.25) is 5.13 Å². The highest BCUT2D eigenvalue weighted by molar-refractivity contribution is 8.01. The summed E-state index contributed by atoms with van der Waals surface area (Å²) in [6, 6.07) is 7.39. The third kappa shape index (κ3) is 5.95. The van der Waals surface area contributed by atoms with Gasteiger partial charge in [-0.05, 0) is 30.7 Å². The molecular weight excluding hydrogens is 326 g/mol. The van der Waals surface area contributed by atoms with E-state index in [-0.39, 0.29) is 0 Å². The summed E-state index contributed by atoms with van der Waals surface area (Å²) in [5.41, 5.74) is 0. The van der Waals surface area contributed by atoms with E-state index in [0.29, 0.717) is 13.2 Å². The van der Waals surface area contributed by atoms with Crippen molar-refractivity contribution in [3.8, 4) is 5.75 Å². The molecule has 0 radical (unpaired) electrons. The van der Waals surface area contributed by atoms with Gasteiger partial charge >= 0.3 is 0 Å². The van der Waals surface area contributed by atoms with Crippen LogP contribution >= 0.6 is 34.7 Å².